The molecule has 0 radical (unpaired) electrons. The van der Waals surface area contributed by atoms with Gasteiger partial charge in [0.2, 0.25) is 0 Å². The fourth-order valence-electron chi connectivity index (χ4n) is 3.09. The van der Waals surface area contributed by atoms with E-state index in [2.05, 4.69) is 80.4 Å². The number of nitrogens with one attached hydrogen (secondary N) is 1. The Kier molecular flexibility index (Phi) is 12.0. The maximum Gasteiger partial charge on any atom is 0.120 e. The van der Waals surface area contributed by atoms with Crippen molar-refractivity contribution in [3.05, 3.63) is 114 Å². The molecule has 0 aliphatic rings. The second-order valence-corrected chi connectivity index (χ2v) is 7.88. The van der Waals surface area contributed by atoms with E-state index in [1.54, 1.807) is 0 Å². The first-order valence-corrected chi connectivity index (χ1v) is 11.8. The van der Waals surface area contributed by atoms with Crippen molar-refractivity contribution in [3.8, 4) is 5.75 Å². The number of anilines is 1. The summed E-state index contributed by atoms with van der Waals surface area (Å²) in [5.74, 6) is 0.882. The first-order chi connectivity index (χ1) is 16.2. The van der Waals surface area contributed by atoms with Gasteiger partial charge in [-0.05, 0) is 53.8 Å². The van der Waals surface area contributed by atoms with E-state index >= 15 is 0 Å². The molecule has 3 N–H and O–H groups in total. The molecule has 3 nitrogen and oxygen atoms in total. The van der Waals surface area contributed by atoms with Gasteiger partial charge in [-0.1, -0.05) is 93.4 Å². The van der Waals surface area contributed by atoms with E-state index in [1.807, 2.05) is 36.4 Å². The standard InChI is InChI=1S/C25H28N2O.C5H10.2H2/c1-2-3-12-25(26)22-13-15-23(16-14-22)27-18-21-10-7-11-24(17-21)28-19-20-8-5-4-6-9-20;1-3-5-4-2;;/h4-17,27H,2-3,18-19,26H2,1H3;3H,1,4-5H2,2H3;2*1H/b25-12+;;;. The van der Waals surface area contributed by atoms with Crippen molar-refractivity contribution >= 4 is 11.4 Å². The van der Waals surface area contributed by atoms with Crippen LogP contribution in [0.1, 0.15) is 59.1 Å². The Morgan fingerprint density at radius 2 is 1.61 bits per heavy atom. The average molecular weight is 447 g/mol. The van der Waals surface area contributed by atoms with E-state index in [0.717, 1.165) is 48.5 Å². The molecule has 0 fully saturated rings. The summed E-state index contributed by atoms with van der Waals surface area (Å²) in [5, 5.41) is 3.46. The van der Waals surface area contributed by atoms with E-state index < -0.39 is 0 Å². The van der Waals surface area contributed by atoms with Gasteiger partial charge in [-0.25, -0.2) is 0 Å². The van der Waals surface area contributed by atoms with Crippen molar-refractivity contribution in [2.75, 3.05) is 5.32 Å². The third kappa shape index (κ3) is 10.1. The van der Waals surface area contributed by atoms with Gasteiger partial charge in [0.05, 0.1) is 0 Å². The number of allylic oxidation sites excluding steroid dienone is 2. The first kappa shape index (κ1) is 25.8. The van der Waals surface area contributed by atoms with Gasteiger partial charge in [-0.15, -0.1) is 6.58 Å². The van der Waals surface area contributed by atoms with Crippen LogP contribution in [0.2, 0.25) is 0 Å². The second-order valence-electron chi connectivity index (χ2n) is 7.88. The monoisotopic (exact) mass is 446 g/mol. The molecular formula is C30H42N2O. The van der Waals surface area contributed by atoms with Crippen molar-refractivity contribution in [1.29, 1.82) is 0 Å². The molecule has 178 valence electrons. The molecule has 0 aliphatic carbocycles. The third-order valence-corrected chi connectivity index (χ3v) is 5.01. The van der Waals surface area contributed by atoms with Crippen LogP contribution >= 0.6 is 0 Å². The van der Waals surface area contributed by atoms with Crippen LogP contribution < -0.4 is 15.8 Å². The van der Waals surface area contributed by atoms with Gasteiger partial charge in [0.15, 0.2) is 0 Å². The molecule has 3 rings (SSSR count). The predicted octanol–water partition coefficient (Wildman–Crippen LogP) is 8.44. The lowest BCUT2D eigenvalue weighted by molar-refractivity contribution is 0.306. The number of hydrogen-bond donors (Lipinski definition) is 2. The van der Waals surface area contributed by atoms with Gasteiger partial charge < -0.3 is 15.8 Å². The van der Waals surface area contributed by atoms with Crippen LogP contribution in [-0.4, -0.2) is 0 Å². The third-order valence-electron chi connectivity index (χ3n) is 5.01. The minimum Gasteiger partial charge on any atom is -0.489 e. The zero-order valence-corrected chi connectivity index (χ0v) is 20.1. The highest BCUT2D eigenvalue weighted by atomic mass is 16.5. The largest absolute Gasteiger partial charge is 0.489 e. The van der Waals surface area contributed by atoms with Crippen molar-refractivity contribution < 1.29 is 7.59 Å². The molecular weight excluding hydrogens is 404 g/mol. The predicted molar refractivity (Wildman–Crippen MR) is 147 cm³/mol. The summed E-state index contributed by atoms with van der Waals surface area (Å²) in [5.41, 5.74) is 11.4. The summed E-state index contributed by atoms with van der Waals surface area (Å²) < 4.78 is 5.91. The van der Waals surface area contributed by atoms with Crippen molar-refractivity contribution in [2.45, 2.75) is 52.7 Å². The SMILES string of the molecule is C=CCCC.CCC/C=C(/N)c1ccc(NCc2cccc(OCc3ccccc3)c2)cc1.[HH].[HH]. The van der Waals surface area contributed by atoms with Gasteiger partial charge in [0.1, 0.15) is 12.4 Å². The summed E-state index contributed by atoms with van der Waals surface area (Å²) in [7, 11) is 0. The summed E-state index contributed by atoms with van der Waals surface area (Å²) in [6.45, 7) is 9.16. The Balaban J connectivity index is 0.00000150. The van der Waals surface area contributed by atoms with Gasteiger partial charge in [-0.2, -0.15) is 0 Å². The molecule has 3 aromatic carbocycles. The minimum absolute atomic E-state index is 0. The smallest absolute Gasteiger partial charge is 0.120 e. The van der Waals surface area contributed by atoms with Crippen LogP contribution in [0.3, 0.4) is 0 Å². The Morgan fingerprint density at radius 3 is 2.24 bits per heavy atom. The van der Waals surface area contributed by atoms with E-state index in [-0.39, 0.29) is 2.85 Å². The van der Waals surface area contributed by atoms with Crippen LogP contribution in [0.25, 0.3) is 5.70 Å². The van der Waals surface area contributed by atoms with Gasteiger partial charge in [0.25, 0.3) is 0 Å². The van der Waals surface area contributed by atoms with E-state index in [0.29, 0.717) is 6.61 Å². The molecule has 33 heavy (non-hydrogen) atoms. The quantitative estimate of drug-likeness (QED) is 0.290. The molecule has 0 saturated heterocycles. The Bertz CT molecular complexity index is 973. The van der Waals surface area contributed by atoms with Crippen LogP contribution in [0.5, 0.6) is 5.75 Å². The van der Waals surface area contributed by atoms with E-state index in [9.17, 15) is 0 Å². The summed E-state index contributed by atoms with van der Waals surface area (Å²) >= 11 is 0. The highest BCUT2D eigenvalue weighted by Gasteiger charge is 2.01. The topological polar surface area (TPSA) is 47.3 Å². The molecule has 3 heteroatoms. The average Bonchev–Trinajstić information content (AvgIpc) is 2.87. The Hall–Kier alpha value is -3.46. The first-order valence-electron chi connectivity index (χ1n) is 11.8. The second kappa shape index (κ2) is 15.4. The molecule has 0 amide bonds. The molecule has 0 saturated carbocycles. The highest BCUT2D eigenvalue weighted by molar-refractivity contribution is 5.64. The van der Waals surface area contributed by atoms with Gasteiger partial charge in [0, 0.05) is 20.8 Å². The van der Waals surface area contributed by atoms with Gasteiger partial charge >= 0.3 is 0 Å². The summed E-state index contributed by atoms with van der Waals surface area (Å²) in [4.78, 5) is 0. The number of rotatable bonds is 11. The van der Waals surface area contributed by atoms with Crippen molar-refractivity contribution in [3.63, 3.8) is 0 Å². The molecule has 0 unspecified atom stereocenters. The minimum atomic E-state index is 0. The maximum absolute atomic E-state index is 6.11. The molecule has 0 aromatic heterocycles. The summed E-state index contributed by atoms with van der Waals surface area (Å²) in [6.07, 6.45) is 8.51. The number of hydrogen-bond acceptors (Lipinski definition) is 3. The highest BCUT2D eigenvalue weighted by Crippen LogP contribution is 2.18. The Morgan fingerprint density at radius 1 is 0.909 bits per heavy atom. The molecule has 0 aliphatic heterocycles. The molecule has 0 heterocycles. The van der Waals surface area contributed by atoms with Crippen LogP contribution in [0.15, 0.2) is 97.6 Å². The normalized spacial score (nSPS) is 10.7. The van der Waals surface area contributed by atoms with Crippen molar-refractivity contribution in [2.24, 2.45) is 5.73 Å². The van der Waals surface area contributed by atoms with Crippen molar-refractivity contribution in [1.82, 2.24) is 0 Å². The van der Waals surface area contributed by atoms with Crippen LogP contribution in [0.4, 0.5) is 5.69 Å². The number of ether oxygens (including phenoxy) is 1. The molecule has 0 atom stereocenters. The molecule has 0 spiro atoms. The summed E-state index contributed by atoms with van der Waals surface area (Å²) in [6, 6.07) is 26.7. The fraction of sp³-hybridized carbons (Fsp3) is 0.267. The zero-order chi connectivity index (χ0) is 23.7. The van der Waals surface area contributed by atoms with Crippen LogP contribution in [-0.2, 0) is 13.2 Å². The number of unbranched alkanes of at least 4 members (excludes halogenated alkanes) is 2. The fourth-order valence-corrected chi connectivity index (χ4v) is 3.09. The lowest BCUT2D eigenvalue weighted by atomic mass is 10.1. The van der Waals surface area contributed by atoms with E-state index in [4.69, 9.17) is 10.5 Å². The molecule has 3 aromatic rings. The van der Waals surface area contributed by atoms with Crippen LogP contribution in [0, 0.1) is 0 Å². The number of nitrogens with two attached hydrogens (primary N) is 1. The lowest BCUT2D eigenvalue weighted by Gasteiger charge is -2.10. The van der Waals surface area contributed by atoms with Gasteiger partial charge in [-0.3, -0.25) is 0 Å². The lowest BCUT2D eigenvalue weighted by Crippen LogP contribution is -2.01. The molecule has 0 bridgehead atoms. The zero-order valence-electron chi connectivity index (χ0n) is 20.1. The Labute approximate surface area is 203 Å². The van der Waals surface area contributed by atoms with E-state index in [1.165, 1.54) is 17.5 Å². The maximum atomic E-state index is 6.11. The number of benzene rings is 3.